The highest BCUT2D eigenvalue weighted by molar-refractivity contribution is 5.95. The van der Waals surface area contributed by atoms with Crippen molar-refractivity contribution in [2.24, 2.45) is 0 Å². The van der Waals surface area contributed by atoms with Gasteiger partial charge in [0.05, 0.1) is 0 Å². The molecule has 2 rings (SSSR count). The topological polar surface area (TPSA) is 67.4 Å². The summed E-state index contributed by atoms with van der Waals surface area (Å²) in [5.41, 5.74) is 2.77. The Bertz CT molecular complexity index is 729. The summed E-state index contributed by atoms with van der Waals surface area (Å²) < 4.78 is 5.19. The molecule has 0 aliphatic heterocycles. The van der Waals surface area contributed by atoms with Crippen LogP contribution < -0.4 is 10.6 Å². The molecule has 132 valence electrons. The summed E-state index contributed by atoms with van der Waals surface area (Å²) in [6, 6.07) is 14.7. The Morgan fingerprint density at radius 3 is 2.12 bits per heavy atom. The summed E-state index contributed by atoms with van der Waals surface area (Å²) in [4.78, 5) is 23.9. The van der Waals surface area contributed by atoms with Gasteiger partial charge in [0, 0.05) is 17.8 Å². The maximum absolute atomic E-state index is 12.2. The van der Waals surface area contributed by atoms with E-state index in [0.29, 0.717) is 17.8 Å². The van der Waals surface area contributed by atoms with Gasteiger partial charge in [0.15, 0.2) is 0 Å². The number of hydrogen-bond donors (Lipinski definition) is 2. The lowest BCUT2D eigenvalue weighted by Gasteiger charge is -2.19. The highest BCUT2D eigenvalue weighted by Crippen LogP contribution is 2.13. The van der Waals surface area contributed by atoms with Crippen molar-refractivity contribution >= 4 is 17.7 Å². The van der Waals surface area contributed by atoms with Crippen LogP contribution in [0.3, 0.4) is 0 Å². The summed E-state index contributed by atoms with van der Waals surface area (Å²) in [6.45, 7) is 7.89. The van der Waals surface area contributed by atoms with E-state index in [9.17, 15) is 9.59 Å². The van der Waals surface area contributed by atoms with Gasteiger partial charge in [0.1, 0.15) is 5.60 Å². The van der Waals surface area contributed by atoms with Crippen molar-refractivity contribution in [2.75, 3.05) is 5.32 Å². The fraction of sp³-hybridized carbons (Fsp3) is 0.300. The van der Waals surface area contributed by atoms with E-state index in [1.165, 1.54) is 5.56 Å². The van der Waals surface area contributed by atoms with Crippen LogP contribution in [0, 0.1) is 6.92 Å². The standard InChI is InChI=1S/C20H24N2O3/c1-14-5-7-15(8-6-14)13-21-18(23)16-9-11-17(12-10-16)22-19(24)25-20(2,3)4/h5-12H,13H2,1-4H3,(H,21,23)(H,22,24). The van der Waals surface area contributed by atoms with Crippen LogP contribution >= 0.6 is 0 Å². The molecule has 0 unspecified atom stereocenters. The monoisotopic (exact) mass is 340 g/mol. The molecule has 25 heavy (non-hydrogen) atoms. The number of amides is 2. The SMILES string of the molecule is Cc1ccc(CNC(=O)c2ccc(NC(=O)OC(C)(C)C)cc2)cc1. The molecular formula is C20H24N2O3. The molecule has 2 N–H and O–H groups in total. The van der Waals surface area contributed by atoms with Crippen molar-refractivity contribution in [1.29, 1.82) is 0 Å². The summed E-state index contributed by atoms with van der Waals surface area (Å²) >= 11 is 0. The molecule has 0 fully saturated rings. The average Bonchev–Trinajstić information content (AvgIpc) is 2.53. The highest BCUT2D eigenvalue weighted by atomic mass is 16.6. The number of carbonyl (C=O) groups is 2. The van der Waals surface area contributed by atoms with Gasteiger partial charge in [-0.15, -0.1) is 0 Å². The first-order chi connectivity index (χ1) is 11.7. The molecule has 0 saturated heterocycles. The summed E-state index contributed by atoms with van der Waals surface area (Å²) in [5, 5.41) is 5.51. The van der Waals surface area contributed by atoms with Crippen LogP contribution in [0.1, 0.15) is 42.3 Å². The Morgan fingerprint density at radius 1 is 0.960 bits per heavy atom. The van der Waals surface area contributed by atoms with Crippen LogP contribution in [0.4, 0.5) is 10.5 Å². The minimum absolute atomic E-state index is 0.163. The fourth-order valence-corrected chi connectivity index (χ4v) is 2.12. The van der Waals surface area contributed by atoms with Gasteiger partial charge in [-0.1, -0.05) is 29.8 Å². The van der Waals surface area contributed by atoms with Crippen molar-refractivity contribution in [2.45, 2.75) is 39.8 Å². The molecule has 5 nitrogen and oxygen atoms in total. The number of carbonyl (C=O) groups excluding carboxylic acids is 2. The molecular weight excluding hydrogens is 316 g/mol. The first-order valence-corrected chi connectivity index (χ1v) is 8.17. The predicted octanol–water partition coefficient (Wildman–Crippen LogP) is 4.27. The minimum Gasteiger partial charge on any atom is -0.444 e. The van der Waals surface area contributed by atoms with Crippen molar-refractivity contribution in [3.8, 4) is 0 Å². The summed E-state index contributed by atoms with van der Waals surface area (Å²) in [6.07, 6.45) is -0.524. The number of aryl methyl sites for hydroxylation is 1. The summed E-state index contributed by atoms with van der Waals surface area (Å²) in [5.74, 6) is -0.163. The molecule has 2 aromatic carbocycles. The van der Waals surface area contributed by atoms with Gasteiger partial charge in [0.2, 0.25) is 0 Å². The zero-order valence-corrected chi connectivity index (χ0v) is 15.1. The maximum Gasteiger partial charge on any atom is 0.412 e. The third-order valence-corrected chi connectivity index (χ3v) is 3.37. The smallest absolute Gasteiger partial charge is 0.412 e. The van der Waals surface area contributed by atoms with Gasteiger partial charge in [-0.05, 0) is 57.5 Å². The number of ether oxygens (including phenoxy) is 1. The molecule has 2 aromatic rings. The van der Waals surface area contributed by atoms with E-state index in [0.717, 1.165) is 5.56 Å². The van der Waals surface area contributed by atoms with Gasteiger partial charge in [-0.3, -0.25) is 10.1 Å². The molecule has 0 aromatic heterocycles. The van der Waals surface area contributed by atoms with Gasteiger partial charge < -0.3 is 10.1 Å². The second-order valence-electron chi connectivity index (χ2n) is 6.87. The third kappa shape index (κ3) is 6.30. The van der Waals surface area contributed by atoms with Crippen molar-refractivity contribution in [3.63, 3.8) is 0 Å². The minimum atomic E-state index is -0.556. The Kier molecular flexibility index (Phi) is 5.80. The van der Waals surface area contributed by atoms with E-state index in [2.05, 4.69) is 10.6 Å². The predicted molar refractivity (Wildman–Crippen MR) is 98.6 cm³/mol. The number of hydrogen-bond acceptors (Lipinski definition) is 3. The van der Waals surface area contributed by atoms with Gasteiger partial charge in [-0.2, -0.15) is 0 Å². The lowest BCUT2D eigenvalue weighted by molar-refractivity contribution is 0.0635. The molecule has 0 saturated carbocycles. The largest absolute Gasteiger partial charge is 0.444 e. The van der Waals surface area contributed by atoms with E-state index in [1.54, 1.807) is 45.0 Å². The van der Waals surface area contributed by atoms with Crippen molar-refractivity contribution in [3.05, 3.63) is 65.2 Å². The first kappa shape index (κ1) is 18.5. The maximum atomic E-state index is 12.2. The van der Waals surface area contributed by atoms with Crippen LogP contribution in [-0.2, 0) is 11.3 Å². The highest BCUT2D eigenvalue weighted by Gasteiger charge is 2.16. The Balaban J connectivity index is 1.89. The number of nitrogens with one attached hydrogen (secondary N) is 2. The lowest BCUT2D eigenvalue weighted by Crippen LogP contribution is -2.27. The fourth-order valence-electron chi connectivity index (χ4n) is 2.12. The molecule has 0 aliphatic carbocycles. The van der Waals surface area contributed by atoms with E-state index < -0.39 is 11.7 Å². The molecule has 0 atom stereocenters. The number of anilines is 1. The molecule has 2 amide bonds. The second-order valence-corrected chi connectivity index (χ2v) is 6.87. The lowest BCUT2D eigenvalue weighted by atomic mass is 10.1. The Morgan fingerprint density at radius 2 is 1.56 bits per heavy atom. The summed E-state index contributed by atoms with van der Waals surface area (Å²) in [7, 11) is 0. The van der Waals surface area contributed by atoms with Crippen LogP contribution in [0.2, 0.25) is 0 Å². The normalized spacial score (nSPS) is 10.9. The van der Waals surface area contributed by atoms with Crippen LogP contribution in [0.15, 0.2) is 48.5 Å². The molecule has 0 heterocycles. The van der Waals surface area contributed by atoms with Crippen LogP contribution in [0.5, 0.6) is 0 Å². The Hall–Kier alpha value is -2.82. The molecule has 0 spiro atoms. The van der Waals surface area contributed by atoms with Gasteiger partial charge >= 0.3 is 6.09 Å². The molecule has 0 aliphatic rings. The van der Waals surface area contributed by atoms with E-state index >= 15 is 0 Å². The zero-order valence-electron chi connectivity index (χ0n) is 15.1. The van der Waals surface area contributed by atoms with Crippen LogP contribution in [-0.4, -0.2) is 17.6 Å². The second kappa shape index (κ2) is 7.83. The first-order valence-electron chi connectivity index (χ1n) is 8.17. The molecule has 5 heteroatoms. The molecule has 0 radical (unpaired) electrons. The Labute approximate surface area is 148 Å². The van der Waals surface area contributed by atoms with Gasteiger partial charge in [-0.25, -0.2) is 4.79 Å². The quantitative estimate of drug-likeness (QED) is 0.873. The number of benzene rings is 2. The van der Waals surface area contributed by atoms with Crippen LogP contribution in [0.25, 0.3) is 0 Å². The van der Waals surface area contributed by atoms with E-state index in [-0.39, 0.29) is 5.91 Å². The van der Waals surface area contributed by atoms with E-state index in [1.807, 2.05) is 31.2 Å². The van der Waals surface area contributed by atoms with Gasteiger partial charge in [0.25, 0.3) is 5.91 Å². The average molecular weight is 340 g/mol. The van der Waals surface area contributed by atoms with E-state index in [4.69, 9.17) is 4.74 Å². The van der Waals surface area contributed by atoms with Crippen molar-refractivity contribution in [1.82, 2.24) is 5.32 Å². The van der Waals surface area contributed by atoms with Crippen molar-refractivity contribution < 1.29 is 14.3 Å². The zero-order chi connectivity index (χ0) is 18.4. The third-order valence-electron chi connectivity index (χ3n) is 3.37. The molecule has 0 bridgehead atoms. The number of rotatable bonds is 4.